The van der Waals surface area contributed by atoms with E-state index >= 15 is 0 Å². The van der Waals surface area contributed by atoms with Gasteiger partial charge in [0.15, 0.2) is 0 Å². The van der Waals surface area contributed by atoms with Crippen LogP contribution < -0.4 is 0 Å². The molecule has 0 spiro atoms. The average molecular weight is 304 g/mol. The zero-order valence-electron chi connectivity index (χ0n) is 13.0. The van der Waals surface area contributed by atoms with E-state index in [0.717, 1.165) is 23.1 Å². The lowest BCUT2D eigenvalue weighted by Crippen LogP contribution is -2.18. The molecule has 2 aromatic rings. The molecule has 1 fully saturated rings. The van der Waals surface area contributed by atoms with Gasteiger partial charge in [-0.25, -0.2) is 4.79 Å². The molecule has 2 atom stereocenters. The minimum Gasteiger partial charge on any atom is -0.478 e. The molecular weight excluding hydrogens is 284 g/mol. The van der Waals surface area contributed by atoms with E-state index in [0.29, 0.717) is 11.5 Å². The summed E-state index contributed by atoms with van der Waals surface area (Å²) in [7, 11) is 0. The number of hydrogen-bond donors (Lipinski definition) is 1. The number of fused-ring (bicyclic) bond motifs is 2. The number of carboxylic acids is 1. The molecule has 0 aliphatic heterocycles. The van der Waals surface area contributed by atoms with Crippen LogP contribution in [-0.2, 0) is 6.42 Å². The highest BCUT2D eigenvalue weighted by atomic mass is 16.4. The quantitative estimate of drug-likeness (QED) is 0.811. The van der Waals surface area contributed by atoms with Crippen molar-refractivity contribution in [1.82, 2.24) is 0 Å². The van der Waals surface area contributed by atoms with Gasteiger partial charge in [-0.2, -0.15) is 0 Å². The summed E-state index contributed by atoms with van der Waals surface area (Å²) in [5, 5.41) is 9.83. The van der Waals surface area contributed by atoms with Gasteiger partial charge in [0.1, 0.15) is 0 Å². The lowest BCUT2D eigenvalue weighted by Gasteiger charge is -2.25. The minimum atomic E-state index is -0.827. The molecule has 4 rings (SSSR count). The second kappa shape index (κ2) is 5.38. The summed E-state index contributed by atoms with van der Waals surface area (Å²) in [5.41, 5.74) is 3.41. The predicted molar refractivity (Wildman–Crippen MR) is 91.5 cm³/mol. The first-order valence-electron chi connectivity index (χ1n) is 8.27. The third-order valence-electron chi connectivity index (χ3n) is 5.40. The highest BCUT2D eigenvalue weighted by Gasteiger charge is 2.41. The first-order chi connectivity index (χ1) is 11.2. The summed E-state index contributed by atoms with van der Waals surface area (Å²) in [6, 6.07) is 15.7. The zero-order valence-corrected chi connectivity index (χ0v) is 13.0. The lowest BCUT2D eigenvalue weighted by molar-refractivity contribution is 0.0696. The maximum Gasteiger partial charge on any atom is 0.336 e. The Morgan fingerprint density at radius 2 is 1.96 bits per heavy atom. The summed E-state index contributed by atoms with van der Waals surface area (Å²) in [6.07, 6.45) is 9.11. The van der Waals surface area contributed by atoms with Gasteiger partial charge in [-0.15, -0.1) is 0 Å². The maximum absolute atomic E-state index is 12.0. The molecular formula is C21H20O2. The average Bonchev–Trinajstić information content (AvgIpc) is 3.15. The highest BCUT2D eigenvalue weighted by molar-refractivity contribution is 5.97. The first kappa shape index (κ1) is 14.3. The fourth-order valence-electron chi connectivity index (χ4n) is 4.31. The summed E-state index contributed by atoms with van der Waals surface area (Å²) in [6.45, 7) is 0. The Labute approximate surface area is 136 Å². The van der Waals surface area contributed by atoms with Crippen molar-refractivity contribution in [1.29, 1.82) is 0 Å². The molecule has 1 saturated carbocycles. The van der Waals surface area contributed by atoms with Crippen LogP contribution in [0.25, 0.3) is 11.1 Å². The van der Waals surface area contributed by atoms with E-state index in [9.17, 15) is 9.90 Å². The molecule has 2 aliphatic carbocycles. The van der Waals surface area contributed by atoms with Gasteiger partial charge in [0.25, 0.3) is 0 Å². The van der Waals surface area contributed by atoms with E-state index in [-0.39, 0.29) is 5.41 Å². The normalized spacial score (nSPS) is 25.0. The molecule has 23 heavy (non-hydrogen) atoms. The van der Waals surface area contributed by atoms with Crippen LogP contribution in [0.2, 0.25) is 0 Å². The molecule has 2 aliphatic rings. The third-order valence-corrected chi connectivity index (χ3v) is 5.40. The van der Waals surface area contributed by atoms with E-state index in [2.05, 4.69) is 12.2 Å². The van der Waals surface area contributed by atoms with Gasteiger partial charge < -0.3 is 5.11 Å². The lowest BCUT2D eigenvalue weighted by atomic mass is 9.79. The van der Waals surface area contributed by atoms with Crippen molar-refractivity contribution in [2.24, 2.45) is 11.3 Å². The van der Waals surface area contributed by atoms with Crippen molar-refractivity contribution >= 4 is 5.97 Å². The van der Waals surface area contributed by atoms with Crippen molar-refractivity contribution in [2.75, 3.05) is 0 Å². The van der Waals surface area contributed by atoms with Crippen LogP contribution in [0.1, 0.15) is 35.2 Å². The first-order valence-corrected chi connectivity index (χ1v) is 8.27. The van der Waals surface area contributed by atoms with Gasteiger partial charge in [-0.05, 0) is 53.7 Å². The van der Waals surface area contributed by atoms with E-state index < -0.39 is 5.97 Å². The van der Waals surface area contributed by atoms with Crippen LogP contribution in [0.5, 0.6) is 0 Å². The van der Waals surface area contributed by atoms with Crippen LogP contribution in [0.15, 0.2) is 60.7 Å². The molecule has 116 valence electrons. The molecule has 2 aromatic carbocycles. The number of rotatable bonds is 4. The number of hydrogen-bond acceptors (Lipinski definition) is 1. The predicted octanol–water partition coefficient (Wildman–Crippen LogP) is 4.95. The largest absolute Gasteiger partial charge is 0.478 e. The molecule has 1 N–H and O–H groups in total. The van der Waals surface area contributed by atoms with Gasteiger partial charge in [0.2, 0.25) is 0 Å². The fraction of sp³-hybridized carbons (Fsp3) is 0.286. The molecule has 2 nitrogen and oxygen atoms in total. The Balaban J connectivity index is 1.78. The highest BCUT2D eigenvalue weighted by Crippen LogP contribution is 2.51. The monoisotopic (exact) mass is 304 g/mol. The zero-order chi connectivity index (χ0) is 15.9. The number of carboxylic acid groups (broad SMARTS) is 1. The van der Waals surface area contributed by atoms with E-state index in [1.165, 1.54) is 19.3 Å². The van der Waals surface area contributed by atoms with Gasteiger partial charge in [0.05, 0.1) is 5.56 Å². The fourth-order valence-corrected chi connectivity index (χ4v) is 4.31. The minimum absolute atomic E-state index is 0.185. The Morgan fingerprint density at radius 1 is 1.13 bits per heavy atom. The summed E-state index contributed by atoms with van der Waals surface area (Å²) >= 11 is 0. The number of benzene rings is 2. The van der Waals surface area contributed by atoms with Crippen molar-refractivity contribution in [3.63, 3.8) is 0 Å². The van der Waals surface area contributed by atoms with Gasteiger partial charge in [-0.3, -0.25) is 0 Å². The standard InChI is InChI=1S/C21H20O2/c22-20(23)19-17(14-21-11-9-15(13-21)10-12-21)7-4-8-18(19)16-5-2-1-3-6-16/h1-9,11,15H,10,12-14H2,(H,22,23). The summed E-state index contributed by atoms with van der Waals surface area (Å²) in [5.74, 6) is -0.118. The Morgan fingerprint density at radius 3 is 2.57 bits per heavy atom. The second-order valence-corrected chi connectivity index (χ2v) is 6.91. The van der Waals surface area contributed by atoms with Gasteiger partial charge in [0, 0.05) is 0 Å². The molecule has 2 bridgehead atoms. The van der Waals surface area contributed by atoms with Crippen molar-refractivity contribution in [3.05, 3.63) is 71.8 Å². The molecule has 2 unspecified atom stereocenters. The SMILES string of the molecule is O=C(O)c1c(CC23C=CC(CC2)C3)cccc1-c1ccccc1. The van der Waals surface area contributed by atoms with Crippen molar-refractivity contribution in [2.45, 2.75) is 25.7 Å². The molecule has 0 aromatic heterocycles. The van der Waals surface area contributed by atoms with Crippen LogP contribution in [0.4, 0.5) is 0 Å². The topological polar surface area (TPSA) is 37.3 Å². The Hall–Kier alpha value is -2.35. The molecule has 0 heterocycles. The second-order valence-electron chi connectivity index (χ2n) is 6.91. The molecule has 0 amide bonds. The Bertz CT molecular complexity index is 776. The summed E-state index contributed by atoms with van der Waals surface area (Å²) < 4.78 is 0. The Kier molecular flexibility index (Phi) is 3.33. The third kappa shape index (κ3) is 2.48. The summed E-state index contributed by atoms with van der Waals surface area (Å²) in [4.78, 5) is 12.0. The molecule has 0 saturated heterocycles. The van der Waals surface area contributed by atoms with Crippen molar-refractivity contribution in [3.8, 4) is 11.1 Å². The number of aromatic carboxylic acids is 1. The van der Waals surface area contributed by atoms with Gasteiger partial charge >= 0.3 is 5.97 Å². The van der Waals surface area contributed by atoms with Gasteiger partial charge in [-0.1, -0.05) is 60.7 Å². The van der Waals surface area contributed by atoms with Crippen LogP contribution in [0.3, 0.4) is 0 Å². The maximum atomic E-state index is 12.0. The molecule has 0 radical (unpaired) electrons. The van der Waals surface area contributed by atoms with Crippen LogP contribution >= 0.6 is 0 Å². The van der Waals surface area contributed by atoms with E-state index in [1.54, 1.807) is 0 Å². The van der Waals surface area contributed by atoms with E-state index in [4.69, 9.17) is 0 Å². The van der Waals surface area contributed by atoms with Crippen molar-refractivity contribution < 1.29 is 9.90 Å². The number of carbonyl (C=O) groups is 1. The smallest absolute Gasteiger partial charge is 0.336 e. The van der Waals surface area contributed by atoms with Crippen LogP contribution in [0, 0.1) is 11.3 Å². The molecule has 2 heteroatoms. The van der Waals surface area contributed by atoms with E-state index in [1.807, 2.05) is 48.5 Å². The number of allylic oxidation sites excluding steroid dienone is 2. The van der Waals surface area contributed by atoms with Crippen LogP contribution in [-0.4, -0.2) is 11.1 Å².